The zero-order chi connectivity index (χ0) is 12.2. The second-order valence-corrected chi connectivity index (χ2v) is 5.92. The molecule has 4 heteroatoms. The van der Waals surface area contributed by atoms with Gasteiger partial charge in [0.05, 0.1) is 18.5 Å². The summed E-state index contributed by atoms with van der Waals surface area (Å²) in [5, 5.41) is 0. The van der Waals surface area contributed by atoms with Crippen molar-refractivity contribution in [2.24, 2.45) is 5.41 Å². The van der Waals surface area contributed by atoms with Gasteiger partial charge in [-0.05, 0) is 12.3 Å². The van der Waals surface area contributed by atoms with Gasteiger partial charge in [0, 0.05) is 17.4 Å². The molecule has 0 saturated carbocycles. The number of rotatable bonds is 4. The highest BCUT2D eigenvalue weighted by molar-refractivity contribution is 9.09. The highest BCUT2D eigenvalue weighted by Gasteiger charge is 2.22. The van der Waals surface area contributed by atoms with E-state index in [0.717, 1.165) is 12.1 Å². The molecule has 0 N–H and O–H groups in total. The Hall–Kier alpha value is -0.640. The first-order valence-corrected chi connectivity index (χ1v) is 6.43. The SMILES string of the molecule is CCOc1cncc(CC(Br)C(C)(C)C)n1. The molecule has 0 saturated heterocycles. The van der Waals surface area contributed by atoms with E-state index in [-0.39, 0.29) is 5.41 Å². The van der Waals surface area contributed by atoms with Crippen LogP contribution in [0.3, 0.4) is 0 Å². The van der Waals surface area contributed by atoms with Crippen LogP contribution in [0.25, 0.3) is 0 Å². The van der Waals surface area contributed by atoms with E-state index in [9.17, 15) is 0 Å². The Morgan fingerprint density at radius 2 is 2.06 bits per heavy atom. The van der Waals surface area contributed by atoms with Gasteiger partial charge in [-0.1, -0.05) is 36.7 Å². The minimum atomic E-state index is 0.212. The maximum atomic E-state index is 5.32. The van der Waals surface area contributed by atoms with Crippen LogP contribution in [0.15, 0.2) is 12.4 Å². The molecule has 0 fully saturated rings. The fourth-order valence-electron chi connectivity index (χ4n) is 1.19. The number of hydrogen-bond donors (Lipinski definition) is 0. The van der Waals surface area contributed by atoms with Crippen LogP contribution in [0.2, 0.25) is 0 Å². The number of hydrogen-bond acceptors (Lipinski definition) is 3. The van der Waals surface area contributed by atoms with E-state index >= 15 is 0 Å². The van der Waals surface area contributed by atoms with E-state index in [2.05, 4.69) is 46.7 Å². The Morgan fingerprint density at radius 3 is 2.62 bits per heavy atom. The maximum Gasteiger partial charge on any atom is 0.232 e. The standard InChI is InChI=1S/C12H19BrN2O/c1-5-16-11-8-14-7-9(15-11)6-10(13)12(2,3)4/h7-8,10H,5-6H2,1-4H3. The molecular formula is C12H19BrN2O. The van der Waals surface area contributed by atoms with Gasteiger partial charge < -0.3 is 4.74 Å². The predicted molar refractivity (Wildman–Crippen MR) is 69.1 cm³/mol. The molecule has 0 aliphatic rings. The van der Waals surface area contributed by atoms with Crippen molar-refractivity contribution in [1.82, 2.24) is 9.97 Å². The second-order valence-electron chi connectivity index (χ2n) is 4.82. The Morgan fingerprint density at radius 1 is 1.38 bits per heavy atom. The van der Waals surface area contributed by atoms with E-state index in [4.69, 9.17) is 4.74 Å². The predicted octanol–water partition coefficient (Wildman–Crippen LogP) is 3.23. The fraction of sp³-hybridized carbons (Fsp3) is 0.667. The van der Waals surface area contributed by atoms with Crippen molar-refractivity contribution in [1.29, 1.82) is 0 Å². The molecule has 1 rings (SSSR count). The van der Waals surface area contributed by atoms with Crippen molar-refractivity contribution in [3.8, 4) is 5.88 Å². The van der Waals surface area contributed by atoms with Gasteiger partial charge in [-0.15, -0.1) is 0 Å². The zero-order valence-corrected chi connectivity index (χ0v) is 11.9. The Bertz CT molecular complexity index is 336. The lowest BCUT2D eigenvalue weighted by Gasteiger charge is -2.25. The summed E-state index contributed by atoms with van der Waals surface area (Å²) in [7, 11) is 0. The molecule has 0 radical (unpaired) electrons. The van der Waals surface area contributed by atoms with Crippen molar-refractivity contribution in [2.45, 2.75) is 38.9 Å². The van der Waals surface area contributed by atoms with Crippen LogP contribution in [-0.2, 0) is 6.42 Å². The first-order valence-electron chi connectivity index (χ1n) is 5.51. The molecule has 0 aliphatic carbocycles. The van der Waals surface area contributed by atoms with Crippen molar-refractivity contribution in [3.63, 3.8) is 0 Å². The summed E-state index contributed by atoms with van der Waals surface area (Å²) in [5.41, 5.74) is 1.17. The summed E-state index contributed by atoms with van der Waals surface area (Å²) in [6, 6.07) is 0. The molecule has 1 atom stereocenters. The first-order chi connectivity index (χ1) is 7.43. The zero-order valence-electron chi connectivity index (χ0n) is 10.3. The van der Waals surface area contributed by atoms with Crippen LogP contribution in [-0.4, -0.2) is 21.4 Å². The monoisotopic (exact) mass is 286 g/mol. The van der Waals surface area contributed by atoms with Crippen LogP contribution < -0.4 is 4.74 Å². The minimum absolute atomic E-state index is 0.212. The Balaban J connectivity index is 2.70. The molecule has 1 unspecified atom stereocenters. The number of halogens is 1. The number of aromatic nitrogens is 2. The second kappa shape index (κ2) is 5.62. The van der Waals surface area contributed by atoms with Gasteiger partial charge >= 0.3 is 0 Å². The fourth-order valence-corrected chi connectivity index (χ4v) is 1.52. The van der Waals surface area contributed by atoms with Gasteiger partial charge in [-0.25, -0.2) is 4.98 Å². The summed E-state index contributed by atoms with van der Waals surface area (Å²) in [4.78, 5) is 8.91. The van der Waals surface area contributed by atoms with Crippen molar-refractivity contribution in [3.05, 3.63) is 18.1 Å². The number of alkyl halides is 1. The Labute approximate surface area is 106 Å². The molecule has 1 aromatic heterocycles. The van der Waals surface area contributed by atoms with Crippen molar-refractivity contribution in [2.75, 3.05) is 6.61 Å². The van der Waals surface area contributed by atoms with Crippen LogP contribution in [0, 0.1) is 5.41 Å². The first kappa shape index (κ1) is 13.4. The third kappa shape index (κ3) is 4.08. The highest BCUT2D eigenvalue weighted by atomic mass is 79.9. The number of nitrogens with zero attached hydrogens (tertiary/aromatic N) is 2. The highest BCUT2D eigenvalue weighted by Crippen LogP contribution is 2.28. The van der Waals surface area contributed by atoms with Crippen LogP contribution in [0.1, 0.15) is 33.4 Å². The smallest absolute Gasteiger partial charge is 0.232 e. The largest absolute Gasteiger partial charge is 0.477 e. The summed E-state index contributed by atoms with van der Waals surface area (Å²) >= 11 is 3.69. The van der Waals surface area contributed by atoms with E-state index in [1.807, 2.05) is 6.92 Å². The van der Waals surface area contributed by atoms with E-state index in [1.54, 1.807) is 12.4 Å². The Kier molecular flexibility index (Phi) is 4.71. The van der Waals surface area contributed by atoms with Gasteiger partial charge in [0.1, 0.15) is 0 Å². The average Bonchev–Trinajstić information content (AvgIpc) is 2.17. The molecule has 16 heavy (non-hydrogen) atoms. The van der Waals surface area contributed by atoms with E-state index in [1.165, 1.54) is 0 Å². The van der Waals surface area contributed by atoms with Crippen LogP contribution in [0.4, 0.5) is 0 Å². The quantitative estimate of drug-likeness (QED) is 0.797. The van der Waals surface area contributed by atoms with E-state index < -0.39 is 0 Å². The molecular weight excluding hydrogens is 268 g/mol. The van der Waals surface area contributed by atoms with Gasteiger partial charge in [0.2, 0.25) is 5.88 Å². The molecule has 0 spiro atoms. The minimum Gasteiger partial charge on any atom is -0.477 e. The molecule has 0 aliphatic heterocycles. The normalized spacial score (nSPS) is 13.6. The molecule has 0 aromatic carbocycles. The lowest BCUT2D eigenvalue weighted by molar-refractivity contribution is 0.323. The van der Waals surface area contributed by atoms with Crippen molar-refractivity contribution < 1.29 is 4.74 Å². The molecule has 0 bridgehead atoms. The van der Waals surface area contributed by atoms with Gasteiger partial charge in [-0.2, -0.15) is 0 Å². The van der Waals surface area contributed by atoms with Gasteiger partial charge in [-0.3, -0.25) is 4.98 Å². The summed E-state index contributed by atoms with van der Waals surface area (Å²) in [5.74, 6) is 0.605. The van der Waals surface area contributed by atoms with Crippen LogP contribution >= 0.6 is 15.9 Å². The summed E-state index contributed by atoms with van der Waals surface area (Å²) in [6.45, 7) is 9.16. The lowest BCUT2D eigenvalue weighted by Crippen LogP contribution is -2.23. The molecule has 90 valence electrons. The van der Waals surface area contributed by atoms with Gasteiger partial charge in [0.15, 0.2) is 0 Å². The topological polar surface area (TPSA) is 35.0 Å². The molecule has 0 amide bonds. The third-order valence-electron chi connectivity index (χ3n) is 2.28. The van der Waals surface area contributed by atoms with Crippen molar-refractivity contribution >= 4 is 15.9 Å². The maximum absolute atomic E-state index is 5.32. The molecule has 3 nitrogen and oxygen atoms in total. The lowest BCUT2D eigenvalue weighted by atomic mass is 9.90. The third-order valence-corrected chi connectivity index (χ3v) is 3.98. The summed E-state index contributed by atoms with van der Waals surface area (Å²) in [6.07, 6.45) is 4.30. The summed E-state index contributed by atoms with van der Waals surface area (Å²) < 4.78 is 5.32. The molecule has 1 aromatic rings. The van der Waals surface area contributed by atoms with Crippen LogP contribution in [0.5, 0.6) is 5.88 Å². The van der Waals surface area contributed by atoms with Gasteiger partial charge in [0.25, 0.3) is 0 Å². The average molecular weight is 287 g/mol. The van der Waals surface area contributed by atoms with E-state index in [0.29, 0.717) is 17.3 Å². The molecule has 1 heterocycles. The number of ether oxygens (including phenoxy) is 1.